The molecule has 36 heavy (non-hydrogen) atoms. The molecule has 0 saturated carbocycles. The highest BCUT2D eigenvalue weighted by atomic mass is 19.1. The Bertz CT molecular complexity index is 1450. The van der Waals surface area contributed by atoms with Gasteiger partial charge in [-0.3, -0.25) is 0 Å². The monoisotopic (exact) mass is 483 g/mol. The second-order valence-electron chi connectivity index (χ2n) is 8.93. The molecule has 0 radical (unpaired) electrons. The van der Waals surface area contributed by atoms with Crippen LogP contribution in [-0.4, -0.2) is 47.6 Å². The van der Waals surface area contributed by atoms with Crippen molar-refractivity contribution in [2.24, 2.45) is 0 Å². The van der Waals surface area contributed by atoms with E-state index in [1.807, 2.05) is 29.0 Å². The van der Waals surface area contributed by atoms with E-state index in [0.717, 1.165) is 60.2 Å². The third-order valence-corrected chi connectivity index (χ3v) is 6.36. The van der Waals surface area contributed by atoms with Crippen molar-refractivity contribution in [1.29, 1.82) is 0 Å². The fourth-order valence-electron chi connectivity index (χ4n) is 4.45. The normalized spacial score (nSPS) is 13.9. The van der Waals surface area contributed by atoms with Crippen LogP contribution in [0.2, 0.25) is 0 Å². The van der Waals surface area contributed by atoms with Crippen molar-refractivity contribution in [1.82, 2.24) is 34.5 Å². The molecule has 0 spiro atoms. The van der Waals surface area contributed by atoms with Crippen LogP contribution in [0.4, 0.5) is 16.2 Å². The van der Waals surface area contributed by atoms with E-state index >= 15 is 0 Å². The molecule has 0 atom stereocenters. The van der Waals surface area contributed by atoms with Crippen LogP contribution in [0.25, 0.3) is 16.9 Å². The predicted molar refractivity (Wildman–Crippen MR) is 136 cm³/mol. The van der Waals surface area contributed by atoms with Gasteiger partial charge in [0.25, 0.3) is 0 Å². The van der Waals surface area contributed by atoms with E-state index < -0.39 is 0 Å². The van der Waals surface area contributed by atoms with Crippen LogP contribution >= 0.6 is 0 Å². The van der Waals surface area contributed by atoms with Gasteiger partial charge in [-0.2, -0.15) is 9.97 Å². The number of benzene rings is 2. The maximum absolute atomic E-state index is 13.3. The average molecular weight is 484 g/mol. The van der Waals surface area contributed by atoms with E-state index in [1.165, 1.54) is 24.1 Å². The number of imidazole rings is 1. The molecular formula is C26H26FN9. The first-order chi connectivity index (χ1) is 17.7. The van der Waals surface area contributed by atoms with Gasteiger partial charge in [0, 0.05) is 19.6 Å². The molecule has 182 valence electrons. The largest absolute Gasteiger partial charge is 0.364 e. The highest BCUT2D eigenvalue weighted by molar-refractivity contribution is 5.84. The minimum atomic E-state index is -0.287. The first-order valence-electron chi connectivity index (χ1n) is 12.2. The van der Waals surface area contributed by atoms with Gasteiger partial charge in [-0.15, -0.1) is 5.10 Å². The van der Waals surface area contributed by atoms with Crippen molar-refractivity contribution < 1.29 is 4.39 Å². The van der Waals surface area contributed by atoms with Crippen molar-refractivity contribution >= 4 is 22.9 Å². The fraction of sp³-hybridized carbons (Fsp3) is 0.269. The first kappa shape index (κ1) is 22.1. The molecule has 1 aliphatic rings. The number of fused-ring (bicyclic) bond motifs is 1. The fourth-order valence-corrected chi connectivity index (χ4v) is 4.45. The number of nitrogens with zero attached hydrogens (tertiary/aromatic N) is 8. The van der Waals surface area contributed by atoms with Gasteiger partial charge in [0.15, 0.2) is 17.0 Å². The van der Waals surface area contributed by atoms with E-state index in [1.54, 1.807) is 23.1 Å². The molecule has 3 aromatic heterocycles. The topological polar surface area (TPSA) is 89.6 Å². The van der Waals surface area contributed by atoms with Crippen molar-refractivity contribution in [3.05, 3.63) is 84.2 Å². The number of hydrogen-bond donors (Lipinski definition) is 1. The third-order valence-electron chi connectivity index (χ3n) is 6.36. The second kappa shape index (κ2) is 9.73. The van der Waals surface area contributed by atoms with E-state index in [0.29, 0.717) is 13.1 Å². The van der Waals surface area contributed by atoms with Crippen LogP contribution in [0.3, 0.4) is 0 Å². The Morgan fingerprint density at radius 3 is 2.53 bits per heavy atom. The molecule has 0 bridgehead atoms. The minimum absolute atomic E-state index is 0.287. The third kappa shape index (κ3) is 4.61. The summed E-state index contributed by atoms with van der Waals surface area (Å²) in [6, 6.07) is 16.4. The quantitative estimate of drug-likeness (QED) is 0.371. The molecule has 0 unspecified atom stereocenters. The number of piperidine rings is 1. The lowest BCUT2D eigenvalue weighted by molar-refractivity contribution is 0.568. The van der Waals surface area contributed by atoms with Gasteiger partial charge in [0.2, 0.25) is 5.95 Å². The van der Waals surface area contributed by atoms with Crippen LogP contribution in [0.1, 0.15) is 30.5 Å². The van der Waals surface area contributed by atoms with Crippen molar-refractivity contribution in [3.8, 4) is 5.69 Å². The molecule has 6 rings (SSSR count). The Morgan fingerprint density at radius 2 is 1.72 bits per heavy atom. The van der Waals surface area contributed by atoms with Crippen LogP contribution < -0.4 is 10.2 Å². The summed E-state index contributed by atoms with van der Waals surface area (Å²) in [6.07, 6.45) is 7.11. The number of anilines is 2. The van der Waals surface area contributed by atoms with Crippen LogP contribution in [0.15, 0.2) is 67.1 Å². The lowest BCUT2D eigenvalue weighted by Crippen LogP contribution is -2.31. The smallest absolute Gasteiger partial charge is 0.229 e. The summed E-state index contributed by atoms with van der Waals surface area (Å²) in [6.45, 7) is 2.99. The molecule has 2 aromatic carbocycles. The van der Waals surface area contributed by atoms with E-state index in [-0.39, 0.29) is 5.82 Å². The highest BCUT2D eigenvalue weighted by Gasteiger charge is 2.19. The van der Waals surface area contributed by atoms with Crippen LogP contribution in [0, 0.1) is 5.82 Å². The van der Waals surface area contributed by atoms with E-state index in [4.69, 9.17) is 9.97 Å². The Kier molecular flexibility index (Phi) is 5.98. The van der Waals surface area contributed by atoms with E-state index in [2.05, 4.69) is 37.6 Å². The van der Waals surface area contributed by atoms with Gasteiger partial charge in [-0.25, -0.2) is 14.1 Å². The lowest BCUT2D eigenvalue weighted by atomic mass is 10.1. The molecular weight excluding hydrogens is 457 g/mol. The molecule has 9 nitrogen and oxygen atoms in total. The summed E-state index contributed by atoms with van der Waals surface area (Å²) in [5, 5.41) is 12.0. The zero-order valence-corrected chi connectivity index (χ0v) is 19.8. The van der Waals surface area contributed by atoms with Gasteiger partial charge in [-0.05, 0) is 49.1 Å². The summed E-state index contributed by atoms with van der Waals surface area (Å²) in [7, 11) is 0. The molecule has 5 aromatic rings. The lowest BCUT2D eigenvalue weighted by Gasteiger charge is -2.27. The van der Waals surface area contributed by atoms with Gasteiger partial charge in [-0.1, -0.05) is 35.5 Å². The zero-order chi connectivity index (χ0) is 24.3. The average Bonchev–Trinajstić information content (AvgIpc) is 3.56. The molecule has 0 amide bonds. The summed E-state index contributed by atoms with van der Waals surface area (Å²) in [5.74, 6) is 1.15. The molecule has 1 fully saturated rings. The molecule has 10 heteroatoms. The molecule has 0 aliphatic carbocycles. The Morgan fingerprint density at radius 1 is 0.917 bits per heavy atom. The Hall–Kier alpha value is -4.34. The number of hydrogen-bond acceptors (Lipinski definition) is 7. The number of rotatable bonds is 7. The summed E-state index contributed by atoms with van der Waals surface area (Å²) >= 11 is 0. The minimum Gasteiger partial charge on any atom is -0.364 e. The number of halogens is 1. The van der Waals surface area contributed by atoms with Crippen LogP contribution in [-0.2, 0) is 13.1 Å². The van der Waals surface area contributed by atoms with Crippen molar-refractivity contribution in [2.45, 2.75) is 32.4 Å². The SMILES string of the molecule is Fc1ccc(-n2cc(Cn3cnc4c(NCc5ccccc5)nc(N5CCCCC5)nc43)nn2)cc1. The molecule has 1 N–H and O–H groups in total. The summed E-state index contributed by atoms with van der Waals surface area (Å²) in [4.78, 5) is 16.7. The second-order valence-corrected chi connectivity index (χ2v) is 8.93. The zero-order valence-electron chi connectivity index (χ0n) is 19.8. The van der Waals surface area contributed by atoms with Gasteiger partial charge >= 0.3 is 0 Å². The van der Waals surface area contributed by atoms with Gasteiger partial charge < -0.3 is 14.8 Å². The number of nitrogens with one attached hydrogen (secondary N) is 1. The van der Waals surface area contributed by atoms with Gasteiger partial charge in [0.05, 0.1) is 24.8 Å². The molecule has 4 heterocycles. The molecule has 1 aliphatic heterocycles. The standard InChI is InChI=1S/C26H26FN9/c27-20-9-11-22(12-10-20)36-17-21(32-33-36)16-35-18-29-23-24(28-15-19-7-3-1-4-8-19)30-26(31-25(23)35)34-13-5-2-6-14-34/h1,3-4,7-12,17-18H,2,5-6,13-16H2,(H,28,30,31). The maximum atomic E-state index is 13.3. The van der Waals surface area contributed by atoms with Crippen LogP contribution in [0.5, 0.6) is 0 Å². The molecule has 1 saturated heterocycles. The van der Waals surface area contributed by atoms with Gasteiger partial charge in [0.1, 0.15) is 11.5 Å². The maximum Gasteiger partial charge on any atom is 0.229 e. The summed E-state index contributed by atoms with van der Waals surface area (Å²) < 4.78 is 16.9. The van der Waals surface area contributed by atoms with Crippen molar-refractivity contribution in [3.63, 3.8) is 0 Å². The Labute approximate surface area is 207 Å². The number of aromatic nitrogens is 7. The highest BCUT2D eigenvalue weighted by Crippen LogP contribution is 2.25. The first-order valence-corrected chi connectivity index (χ1v) is 12.2. The van der Waals surface area contributed by atoms with E-state index in [9.17, 15) is 4.39 Å². The predicted octanol–water partition coefficient (Wildman–Crippen LogP) is 4.20. The summed E-state index contributed by atoms with van der Waals surface area (Å²) in [5.41, 5.74) is 4.12. The Balaban J connectivity index is 1.32. The van der Waals surface area contributed by atoms with Crippen molar-refractivity contribution in [2.75, 3.05) is 23.3 Å².